The van der Waals surface area contributed by atoms with Gasteiger partial charge < -0.3 is 19.5 Å². The van der Waals surface area contributed by atoms with Crippen LogP contribution in [0.2, 0.25) is 0 Å². The van der Waals surface area contributed by atoms with E-state index in [4.69, 9.17) is 19.2 Å². The average molecular weight is 947 g/mol. The zero-order valence-electron chi connectivity index (χ0n) is 37.1. The largest absolute Gasteiger partial charge is 0.492 e. The molecule has 0 aliphatic heterocycles. The van der Waals surface area contributed by atoms with Gasteiger partial charge in [0.05, 0.1) is 28.8 Å². The molecule has 10 heteroatoms. The van der Waals surface area contributed by atoms with Crippen LogP contribution in [0.15, 0.2) is 204 Å². The summed E-state index contributed by atoms with van der Waals surface area (Å²) in [4.78, 5) is 31.3. The number of carbonyl (C=O) groups excluding carboxylic acids is 2. The molecule has 1 N–H and O–H groups in total. The topological polar surface area (TPSA) is 86.8 Å². The molecule has 0 radical (unpaired) electrons. The SMILES string of the molecule is C=CC(=O)OCCNC(=O)OCC(COc1ccccc1-c1cc2ccccc2c2ccccc12)(CSc1nc2ccccc2s1)CSc1ccccc1-c1cc2ccccc2c2ccccc12. The third kappa shape index (κ3) is 9.67. The van der Waals surface area contributed by atoms with Crippen LogP contribution in [0.1, 0.15) is 0 Å². The van der Waals surface area contributed by atoms with Crippen LogP contribution in [-0.4, -0.2) is 54.9 Å². The van der Waals surface area contributed by atoms with Crippen LogP contribution < -0.4 is 10.1 Å². The maximum Gasteiger partial charge on any atom is 0.407 e. The van der Waals surface area contributed by atoms with Gasteiger partial charge in [0.2, 0.25) is 0 Å². The van der Waals surface area contributed by atoms with Crippen LogP contribution in [0.4, 0.5) is 4.79 Å². The monoisotopic (exact) mass is 946 g/mol. The van der Waals surface area contributed by atoms with E-state index in [1.165, 1.54) is 32.3 Å². The number of ether oxygens (including phenoxy) is 3. The summed E-state index contributed by atoms with van der Waals surface area (Å²) in [6, 6.07) is 63.5. The molecule has 10 aromatic rings. The molecule has 0 spiro atoms. The number of esters is 1. The summed E-state index contributed by atoms with van der Waals surface area (Å²) in [6.07, 6.45) is 0.472. The Labute approximate surface area is 407 Å². The first-order valence-electron chi connectivity index (χ1n) is 22.4. The molecule has 1 unspecified atom stereocenters. The lowest BCUT2D eigenvalue weighted by Crippen LogP contribution is -2.41. The summed E-state index contributed by atoms with van der Waals surface area (Å²) >= 11 is 5.03. The Balaban J connectivity index is 1.03. The Bertz CT molecular complexity index is 3280. The molecule has 1 heterocycles. The van der Waals surface area contributed by atoms with E-state index >= 15 is 0 Å². The Morgan fingerprint density at radius 1 is 0.588 bits per heavy atom. The number of hydrogen-bond donors (Lipinski definition) is 1. The first-order chi connectivity index (χ1) is 33.4. The number of thiazole rings is 1. The molecule has 0 aliphatic carbocycles. The van der Waals surface area contributed by atoms with Gasteiger partial charge in [0.25, 0.3) is 0 Å². The smallest absolute Gasteiger partial charge is 0.407 e. The van der Waals surface area contributed by atoms with E-state index in [9.17, 15) is 9.59 Å². The molecule has 1 atom stereocenters. The highest BCUT2D eigenvalue weighted by molar-refractivity contribution is 8.01. The highest BCUT2D eigenvalue weighted by atomic mass is 32.2. The summed E-state index contributed by atoms with van der Waals surface area (Å²) in [7, 11) is 0. The highest BCUT2D eigenvalue weighted by Gasteiger charge is 2.35. The lowest BCUT2D eigenvalue weighted by atomic mass is 9.92. The molecular weight excluding hydrogens is 901 g/mol. The van der Waals surface area contributed by atoms with Crippen LogP contribution in [0.3, 0.4) is 0 Å². The minimum atomic E-state index is -0.767. The predicted molar refractivity (Wildman–Crippen MR) is 283 cm³/mol. The summed E-state index contributed by atoms with van der Waals surface area (Å²) in [5.41, 5.74) is 4.49. The zero-order chi connectivity index (χ0) is 46.3. The first-order valence-corrected chi connectivity index (χ1v) is 25.2. The van der Waals surface area contributed by atoms with E-state index in [0.717, 1.165) is 64.3 Å². The standard InChI is InChI=1S/C58H46N2O5S3/c1-2-55(61)63-32-31-59-56(62)65-36-58(38-67-57-60-51-27-13-16-30-54(51)68-57,35-64-52-28-14-11-25-47(52)49-33-39-17-3-5-19-41(39)43-21-7-9-23-45(43)49)37-66-53-29-15-12-26-48(53)50-34-40-18-4-6-20-42(40)44-22-8-10-24-46(44)50/h2-30,33-34H,1,31-32,35-38H2,(H,59,62). The highest BCUT2D eigenvalue weighted by Crippen LogP contribution is 2.44. The van der Waals surface area contributed by atoms with Crippen LogP contribution in [0.25, 0.3) is 75.6 Å². The van der Waals surface area contributed by atoms with Crippen LogP contribution in [-0.2, 0) is 14.3 Å². The molecule has 9 aromatic carbocycles. The predicted octanol–water partition coefficient (Wildman–Crippen LogP) is 14.6. The Morgan fingerprint density at radius 3 is 1.84 bits per heavy atom. The van der Waals surface area contributed by atoms with E-state index in [0.29, 0.717) is 11.5 Å². The summed E-state index contributed by atoms with van der Waals surface area (Å²) in [5, 5.41) is 12.2. The Kier molecular flexibility index (Phi) is 13.4. The van der Waals surface area contributed by atoms with Crippen molar-refractivity contribution >= 4 is 100 Å². The minimum absolute atomic E-state index is 0.0159. The van der Waals surface area contributed by atoms with Gasteiger partial charge in [-0.3, -0.25) is 0 Å². The number of fused-ring (bicyclic) bond motifs is 7. The van der Waals surface area contributed by atoms with Gasteiger partial charge in [-0.2, -0.15) is 0 Å². The number of benzene rings is 9. The van der Waals surface area contributed by atoms with Gasteiger partial charge in [-0.15, -0.1) is 23.1 Å². The quantitative estimate of drug-likeness (QED) is 0.0318. The number of carbonyl (C=O) groups is 2. The van der Waals surface area contributed by atoms with Crippen molar-refractivity contribution in [3.05, 3.63) is 195 Å². The second-order valence-corrected chi connectivity index (χ2v) is 19.8. The number of alkyl carbamates (subject to hydrolysis) is 1. The van der Waals surface area contributed by atoms with Crippen LogP contribution >= 0.6 is 34.9 Å². The molecule has 1 aromatic heterocycles. The lowest BCUT2D eigenvalue weighted by molar-refractivity contribution is -0.137. The molecule has 10 rings (SSSR count). The number of nitrogens with one attached hydrogen (secondary N) is 1. The molecule has 7 nitrogen and oxygen atoms in total. The first kappa shape index (κ1) is 44.7. The van der Waals surface area contributed by atoms with Crippen molar-refractivity contribution in [3.8, 4) is 28.0 Å². The zero-order valence-corrected chi connectivity index (χ0v) is 39.5. The fourth-order valence-corrected chi connectivity index (χ4v) is 12.3. The molecule has 1 amide bonds. The Morgan fingerprint density at radius 2 is 1.15 bits per heavy atom. The summed E-state index contributed by atoms with van der Waals surface area (Å²) < 4.78 is 20.4. The van der Waals surface area contributed by atoms with Gasteiger partial charge in [0.15, 0.2) is 4.34 Å². The molecule has 336 valence electrons. The van der Waals surface area contributed by atoms with Crippen LogP contribution in [0, 0.1) is 5.41 Å². The molecular formula is C58H46N2O5S3. The number of para-hydroxylation sites is 2. The van der Waals surface area contributed by atoms with E-state index < -0.39 is 17.5 Å². The van der Waals surface area contributed by atoms with Gasteiger partial charge in [0.1, 0.15) is 19.0 Å². The van der Waals surface area contributed by atoms with Gasteiger partial charge in [-0.05, 0) is 96.2 Å². The van der Waals surface area contributed by atoms with Crippen molar-refractivity contribution in [2.75, 3.05) is 37.9 Å². The second kappa shape index (κ2) is 20.4. The maximum absolute atomic E-state index is 13.5. The molecule has 0 aliphatic rings. The third-order valence-electron chi connectivity index (χ3n) is 12.0. The van der Waals surface area contributed by atoms with Crippen molar-refractivity contribution in [2.24, 2.45) is 5.41 Å². The molecule has 0 saturated heterocycles. The van der Waals surface area contributed by atoms with Gasteiger partial charge in [0, 0.05) is 28.0 Å². The van der Waals surface area contributed by atoms with Crippen molar-refractivity contribution in [3.63, 3.8) is 0 Å². The van der Waals surface area contributed by atoms with E-state index in [2.05, 4.69) is 157 Å². The van der Waals surface area contributed by atoms with Crippen molar-refractivity contribution in [1.82, 2.24) is 10.3 Å². The molecule has 0 fully saturated rings. The molecule has 68 heavy (non-hydrogen) atoms. The normalized spacial score (nSPS) is 12.3. The van der Waals surface area contributed by atoms with Gasteiger partial charge >= 0.3 is 12.1 Å². The summed E-state index contributed by atoms with van der Waals surface area (Å²) in [5.74, 6) is 1.21. The van der Waals surface area contributed by atoms with Crippen LogP contribution in [0.5, 0.6) is 5.75 Å². The molecule has 0 saturated carbocycles. The van der Waals surface area contributed by atoms with Crippen molar-refractivity contribution in [1.29, 1.82) is 0 Å². The Hall–Kier alpha value is -7.11. The number of hydrogen-bond acceptors (Lipinski definition) is 9. The number of amides is 1. The number of rotatable bonds is 17. The maximum atomic E-state index is 13.5. The van der Waals surface area contributed by atoms with E-state index in [-0.39, 0.29) is 26.4 Å². The number of aromatic nitrogens is 1. The molecule has 0 bridgehead atoms. The van der Waals surface area contributed by atoms with Crippen molar-refractivity contribution in [2.45, 2.75) is 9.24 Å². The summed E-state index contributed by atoms with van der Waals surface area (Å²) in [6.45, 7) is 3.76. The number of thioether (sulfide) groups is 2. The average Bonchev–Trinajstić information content (AvgIpc) is 3.82. The van der Waals surface area contributed by atoms with Gasteiger partial charge in [-0.1, -0.05) is 164 Å². The van der Waals surface area contributed by atoms with Gasteiger partial charge in [-0.25, -0.2) is 14.6 Å². The van der Waals surface area contributed by atoms with E-state index in [1.807, 2.05) is 36.4 Å². The van der Waals surface area contributed by atoms with E-state index in [1.54, 1.807) is 34.9 Å². The fourth-order valence-electron chi connectivity index (χ4n) is 8.66. The fraction of sp³-hybridized carbons (Fsp3) is 0.121. The second-order valence-electron chi connectivity index (χ2n) is 16.6. The third-order valence-corrected chi connectivity index (χ3v) is 16.0. The number of nitrogens with zero attached hydrogens (tertiary/aromatic N) is 1. The van der Waals surface area contributed by atoms with Crippen molar-refractivity contribution < 1.29 is 23.8 Å². The lowest BCUT2D eigenvalue weighted by Gasteiger charge is -2.33. The minimum Gasteiger partial charge on any atom is -0.492 e.